The first-order valence-electron chi connectivity index (χ1n) is 12.9. The van der Waals surface area contributed by atoms with Crippen LogP contribution in [0.5, 0.6) is 0 Å². The second kappa shape index (κ2) is 13.1. The molecule has 3 aromatic rings. The van der Waals surface area contributed by atoms with Crippen molar-refractivity contribution in [1.82, 2.24) is 10.2 Å². The van der Waals surface area contributed by atoms with Crippen LogP contribution in [0.4, 0.5) is 5.69 Å². The van der Waals surface area contributed by atoms with Crippen LogP contribution in [0.1, 0.15) is 43.9 Å². The van der Waals surface area contributed by atoms with Crippen LogP contribution in [0.25, 0.3) is 0 Å². The van der Waals surface area contributed by atoms with Crippen LogP contribution in [0, 0.1) is 13.8 Å². The van der Waals surface area contributed by atoms with Crippen molar-refractivity contribution in [3.05, 3.63) is 94.5 Å². The van der Waals surface area contributed by atoms with Crippen molar-refractivity contribution in [2.24, 2.45) is 0 Å². The van der Waals surface area contributed by atoms with Crippen LogP contribution >= 0.6 is 11.6 Å². The van der Waals surface area contributed by atoms with Crippen molar-refractivity contribution in [3.63, 3.8) is 0 Å². The summed E-state index contributed by atoms with van der Waals surface area (Å²) in [4.78, 5) is 28.7. The van der Waals surface area contributed by atoms with Gasteiger partial charge in [0.25, 0.3) is 10.0 Å². The molecule has 0 saturated carbocycles. The van der Waals surface area contributed by atoms with Gasteiger partial charge >= 0.3 is 0 Å². The van der Waals surface area contributed by atoms with Gasteiger partial charge in [0.05, 0.1) is 10.6 Å². The van der Waals surface area contributed by atoms with E-state index >= 15 is 0 Å². The summed E-state index contributed by atoms with van der Waals surface area (Å²) in [6.07, 6.45) is 0.366. The summed E-state index contributed by atoms with van der Waals surface area (Å²) in [5.41, 5.74) is 2.99. The predicted molar refractivity (Wildman–Crippen MR) is 156 cm³/mol. The van der Waals surface area contributed by atoms with Crippen molar-refractivity contribution < 1.29 is 18.0 Å². The topological polar surface area (TPSA) is 86.8 Å². The van der Waals surface area contributed by atoms with E-state index in [1.807, 2.05) is 52.0 Å². The maximum absolute atomic E-state index is 14.1. The van der Waals surface area contributed by atoms with Crippen molar-refractivity contribution >= 4 is 39.1 Å². The van der Waals surface area contributed by atoms with Gasteiger partial charge in [-0.25, -0.2) is 8.42 Å². The average Bonchev–Trinajstić information content (AvgIpc) is 2.88. The quantitative estimate of drug-likeness (QED) is 0.331. The van der Waals surface area contributed by atoms with Gasteiger partial charge in [-0.15, -0.1) is 0 Å². The maximum Gasteiger partial charge on any atom is 0.264 e. The molecule has 3 aromatic carbocycles. The second-order valence-corrected chi connectivity index (χ2v) is 12.1. The number of hydrogen-bond donors (Lipinski definition) is 1. The van der Waals surface area contributed by atoms with Gasteiger partial charge < -0.3 is 10.2 Å². The summed E-state index contributed by atoms with van der Waals surface area (Å²) >= 11 is 6.01. The summed E-state index contributed by atoms with van der Waals surface area (Å²) in [5, 5.41) is 3.30. The minimum absolute atomic E-state index is 0.0117. The lowest BCUT2D eigenvalue weighted by molar-refractivity contribution is -0.140. The Morgan fingerprint density at radius 1 is 0.923 bits per heavy atom. The fourth-order valence-electron chi connectivity index (χ4n) is 4.28. The van der Waals surface area contributed by atoms with E-state index in [1.165, 1.54) is 29.2 Å². The Hall–Kier alpha value is -3.36. The lowest BCUT2D eigenvalue weighted by Crippen LogP contribution is -2.53. The predicted octanol–water partition coefficient (Wildman–Crippen LogP) is 5.48. The molecule has 0 unspecified atom stereocenters. The van der Waals surface area contributed by atoms with Crippen molar-refractivity contribution in [1.29, 1.82) is 0 Å². The number of rotatable bonds is 11. The number of anilines is 1. The zero-order chi connectivity index (χ0) is 28.7. The van der Waals surface area contributed by atoms with Gasteiger partial charge in [0.15, 0.2) is 0 Å². The second-order valence-electron chi connectivity index (χ2n) is 9.85. The van der Waals surface area contributed by atoms with E-state index in [-0.39, 0.29) is 23.4 Å². The molecule has 39 heavy (non-hydrogen) atoms. The summed E-state index contributed by atoms with van der Waals surface area (Å²) in [7, 11) is -4.15. The first kappa shape index (κ1) is 30.2. The molecule has 0 bridgehead atoms. The minimum atomic E-state index is -4.15. The molecule has 208 valence electrons. The molecule has 3 rings (SSSR count). The number of carbonyl (C=O) groups is 2. The van der Waals surface area contributed by atoms with Gasteiger partial charge in [-0.05, 0) is 75.6 Å². The van der Waals surface area contributed by atoms with Gasteiger partial charge in [-0.1, -0.05) is 66.6 Å². The minimum Gasteiger partial charge on any atom is -0.352 e. The van der Waals surface area contributed by atoms with E-state index in [1.54, 1.807) is 31.2 Å². The van der Waals surface area contributed by atoms with Crippen molar-refractivity contribution in [2.75, 3.05) is 10.8 Å². The molecule has 0 heterocycles. The van der Waals surface area contributed by atoms with Gasteiger partial charge in [0.1, 0.15) is 12.6 Å². The summed E-state index contributed by atoms with van der Waals surface area (Å²) in [5.74, 6) is -0.766. The number of amides is 2. The molecule has 0 aliphatic carbocycles. The number of benzene rings is 3. The fraction of sp³-hybridized carbons (Fsp3) is 0.333. The molecule has 7 nitrogen and oxygen atoms in total. The maximum atomic E-state index is 14.1. The third-order valence-corrected chi connectivity index (χ3v) is 8.38. The third-order valence-electron chi connectivity index (χ3n) is 6.36. The van der Waals surface area contributed by atoms with Crippen LogP contribution < -0.4 is 9.62 Å². The van der Waals surface area contributed by atoms with Gasteiger partial charge in [-0.3, -0.25) is 13.9 Å². The Kier molecular flexibility index (Phi) is 10.2. The van der Waals surface area contributed by atoms with E-state index in [2.05, 4.69) is 5.32 Å². The fourth-order valence-corrected chi connectivity index (χ4v) is 5.89. The molecular formula is C30H36ClN3O4S. The van der Waals surface area contributed by atoms with E-state index in [0.29, 0.717) is 22.7 Å². The monoisotopic (exact) mass is 569 g/mol. The average molecular weight is 570 g/mol. The molecule has 1 atom stereocenters. The zero-order valence-electron chi connectivity index (χ0n) is 23.0. The van der Waals surface area contributed by atoms with E-state index in [0.717, 1.165) is 15.4 Å². The highest BCUT2D eigenvalue weighted by atomic mass is 35.5. The summed E-state index contributed by atoms with van der Waals surface area (Å²) < 4.78 is 28.9. The Bertz CT molecular complexity index is 1390. The number of nitrogens with zero attached hydrogens (tertiary/aromatic N) is 2. The molecule has 0 aromatic heterocycles. The number of aryl methyl sites for hydroxylation is 2. The van der Waals surface area contributed by atoms with Crippen LogP contribution in [0.2, 0.25) is 5.02 Å². The molecule has 1 N–H and O–H groups in total. The largest absolute Gasteiger partial charge is 0.352 e. The van der Waals surface area contributed by atoms with Gasteiger partial charge in [0, 0.05) is 17.6 Å². The Morgan fingerprint density at radius 2 is 1.54 bits per heavy atom. The number of halogens is 1. The van der Waals surface area contributed by atoms with E-state index in [9.17, 15) is 18.0 Å². The summed E-state index contributed by atoms with van der Waals surface area (Å²) in [6, 6.07) is 19.6. The molecular weight excluding hydrogens is 534 g/mol. The van der Waals surface area contributed by atoms with Gasteiger partial charge in [-0.2, -0.15) is 0 Å². The molecule has 0 aliphatic rings. The zero-order valence-corrected chi connectivity index (χ0v) is 24.6. The highest BCUT2D eigenvalue weighted by Gasteiger charge is 2.34. The molecule has 0 spiro atoms. The van der Waals surface area contributed by atoms with Crippen LogP contribution in [0.3, 0.4) is 0 Å². The first-order chi connectivity index (χ1) is 18.4. The number of sulfonamides is 1. The molecule has 9 heteroatoms. The summed E-state index contributed by atoms with van der Waals surface area (Å²) in [6.45, 7) is 8.99. The molecule has 0 aliphatic heterocycles. The Labute approximate surface area is 236 Å². The van der Waals surface area contributed by atoms with Crippen LogP contribution in [0.15, 0.2) is 77.7 Å². The van der Waals surface area contributed by atoms with Crippen molar-refractivity contribution in [3.8, 4) is 0 Å². The normalized spacial score (nSPS) is 12.2. The molecule has 2 amide bonds. The number of para-hydroxylation sites is 1. The highest BCUT2D eigenvalue weighted by molar-refractivity contribution is 7.92. The van der Waals surface area contributed by atoms with Crippen LogP contribution in [-0.4, -0.2) is 43.8 Å². The van der Waals surface area contributed by atoms with Gasteiger partial charge in [0.2, 0.25) is 11.8 Å². The van der Waals surface area contributed by atoms with E-state index < -0.39 is 28.5 Å². The number of carbonyl (C=O) groups excluding carboxylic acids is 2. The smallest absolute Gasteiger partial charge is 0.264 e. The SMILES string of the molecule is CC[C@H](C(=O)NC(C)C)N(Cc1ccc(C)cc1)C(=O)CN(c1ccccc1C)S(=O)(=O)c1ccc(Cl)cc1. The molecule has 0 saturated heterocycles. The Balaban J connectivity index is 2.07. The third kappa shape index (κ3) is 7.61. The first-order valence-corrected chi connectivity index (χ1v) is 14.7. The van der Waals surface area contributed by atoms with Crippen molar-refractivity contribution in [2.45, 2.75) is 64.6 Å². The molecule has 0 radical (unpaired) electrons. The standard InChI is InChI=1S/C30H36ClN3O4S/c1-6-27(30(36)32-21(2)3)33(19-24-13-11-22(4)12-14-24)29(35)20-34(28-10-8-7-9-23(28)5)39(37,38)26-17-15-25(31)16-18-26/h7-18,21,27H,6,19-20H2,1-5H3,(H,32,36)/t27-/m1/s1. The van der Waals surface area contributed by atoms with E-state index in [4.69, 9.17) is 11.6 Å². The lowest BCUT2D eigenvalue weighted by atomic mass is 10.1. The van der Waals surface area contributed by atoms with Crippen LogP contribution in [-0.2, 0) is 26.2 Å². The highest BCUT2D eigenvalue weighted by Crippen LogP contribution is 2.28. The Morgan fingerprint density at radius 3 is 2.10 bits per heavy atom. The number of nitrogens with one attached hydrogen (secondary N) is 1. The number of hydrogen-bond acceptors (Lipinski definition) is 4. The lowest BCUT2D eigenvalue weighted by Gasteiger charge is -2.34. The molecule has 0 fully saturated rings.